The van der Waals surface area contributed by atoms with Crippen molar-refractivity contribution >= 4 is 11.0 Å². The molecule has 3 nitrogen and oxygen atoms in total. The highest BCUT2D eigenvalue weighted by molar-refractivity contribution is 5.76. The summed E-state index contributed by atoms with van der Waals surface area (Å²) in [6.45, 7) is 5.41. The minimum Gasteiger partial charge on any atom is -0.324 e. The fourth-order valence-electron chi connectivity index (χ4n) is 2.37. The number of benzene rings is 1. The molecule has 0 fully saturated rings. The molecule has 92 valence electrons. The van der Waals surface area contributed by atoms with Crippen LogP contribution in [0.1, 0.15) is 32.1 Å². The zero-order valence-electron chi connectivity index (χ0n) is 10.9. The van der Waals surface area contributed by atoms with Gasteiger partial charge < -0.3 is 9.88 Å². The summed E-state index contributed by atoms with van der Waals surface area (Å²) in [5, 5.41) is 3.24. The quantitative estimate of drug-likeness (QED) is 0.857. The molecule has 0 amide bonds. The highest BCUT2D eigenvalue weighted by atomic mass is 15.1. The summed E-state index contributed by atoms with van der Waals surface area (Å²) >= 11 is 0. The van der Waals surface area contributed by atoms with E-state index >= 15 is 0 Å². The van der Waals surface area contributed by atoms with Crippen LogP contribution in [0.3, 0.4) is 0 Å². The maximum Gasteiger partial charge on any atom is 0.110 e. The van der Waals surface area contributed by atoms with Crippen molar-refractivity contribution in [2.24, 2.45) is 0 Å². The van der Waals surface area contributed by atoms with E-state index in [0.717, 1.165) is 24.9 Å². The molecular weight excluding hydrogens is 210 g/mol. The summed E-state index contributed by atoms with van der Waals surface area (Å²) in [5.41, 5.74) is 2.36. The molecule has 0 aliphatic rings. The molecule has 2 aromatic rings. The lowest BCUT2D eigenvalue weighted by Gasteiger charge is -2.17. The van der Waals surface area contributed by atoms with Crippen LogP contribution in [0.5, 0.6) is 0 Å². The van der Waals surface area contributed by atoms with Gasteiger partial charge in [0, 0.05) is 19.0 Å². The highest BCUT2D eigenvalue weighted by Gasteiger charge is 2.14. The van der Waals surface area contributed by atoms with Crippen LogP contribution < -0.4 is 5.32 Å². The molecule has 0 spiro atoms. The van der Waals surface area contributed by atoms with Crippen LogP contribution in [0.15, 0.2) is 24.3 Å². The van der Waals surface area contributed by atoms with Gasteiger partial charge in [-0.05, 0) is 32.5 Å². The van der Waals surface area contributed by atoms with Gasteiger partial charge in [0.05, 0.1) is 11.0 Å². The molecule has 0 radical (unpaired) electrons. The maximum atomic E-state index is 4.74. The highest BCUT2D eigenvalue weighted by Crippen LogP contribution is 2.21. The Balaban J connectivity index is 2.51. The zero-order valence-corrected chi connectivity index (χ0v) is 10.9. The number of imidazole rings is 1. The third-order valence-electron chi connectivity index (χ3n) is 3.08. The van der Waals surface area contributed by atoms with E-state index in [2.05, 4.69) is 48.0 Å². The lowest BCUT2D eigenvalue weighted by molar-refractivity contribution is 0.509. The molecule has 0 saturated heterocycles. The Labute approximate surface area is 103 Å². The molecule has 1 N–H and O–H groups in total. The predicted molar refractivity (Wildman–Crippen MR) is 72.4 cm³/mol. The van der Waals surface area contributed by atoms with Gasteiger partial charge in [-0.1, -0.05) is 19.1 Å². The topological polar surface area (TPSA) is 29.9 Å². The Hall–Kier alpha value is -1.35. The average molecular weight is 231 g/mol. The second-order valence-corrected chi connectivity index (χ2v) is 4.54. The molecule has 1 heterocycles. The maximum absolute atomic E-state index is 4.74. The number of para-hydroxylation sites is 2. The second-order valence-electron chi connectivity index (χ2n) is 4.54. The van der Waals surface area contributed by atoms with Gasteiger partial charge in [-0.2, -0.15) is 0 Å². The van der Waals surface area contributed by atoms with Crippen molar-refractivity contribution in [3.63, 3.8) is 0 Å². The summed E-state index contributed by atoms with van der Waals surface area (Å²) < 4.78 is 2.37. The summed E-state index contributed by atoms with van der Waals surface area (Å²) in [5.74, 6) is 1.21. The third kappa shape index (κ3) is 2.34. The first-order chi connectivity index (χ1) is 8.27. The Morgan fingerprint density at radius 3 is 2.82 bits per heavy atom. The number of nitrogens with one attached hydrogen (secondary N) is 1. The number of rotatable bonds is 5. The lowest BCUT2D eigenvalue weighted by Crippen LogP contribution is -2.21. The number of hydrogen-bond acceptors (Lipinski definition) is 2. The minimum absolute atomic E-state index is 0.439. The van der Waals surface area contributed by atoms with Crippen molar-refractivity contribution in [3.8, 4) is 0 Å². The fourth-order valence-corrected chi connectivity index (χ4v) is 2.37. The normalized spacial score (nSPS) is 13.1. The number of fused-ring (bicyclic) bond motifs is 1. The van der Waals surface area contributed by atoms with E-state index in [-0.39, 0.29) is 0 Å². The molecular formula is C14H21N3. The Kier molecular flexibility index (Phi) is 3.79. The van der Waals surface area contributed by atoms with Crippen molar-refractivity contribution in [3.05, 3.63) is 30.1 Å². The molecule has 0 aliphatic heterocycles. The van der Waals surface area contributed by atoms with Gasteiger partial charge in [-0.3, -0.25) is 0 Å². The van der Waals surface area contributed by atoms with Crippen molar-refractivity contribution in [1.82, 2.24) is 14.9 Å². The summed E-state index contributed by atoms with van der Waals surface area (Å²) in [7, 11) is 2.00. The summed E-state index contributed by atoms with van der Waals surface area (Å²) in [6.07, 6.45) is 2.18. The predicted octanol–water partition coefficient (Wildman–Crippen LogP) is 2.77. The minimum atomic E-state index is 0.439. The zero-order chi connectivity index (χ0) is 12.3. The van der Waals surface area contributed by atoms with Gasteiger partial charge in [-0.25, -0.2) is 4.98 Å². The average Bonchev–Trinajstić information content (AvgIpc) is 2.67. The smallest absolute Gasteiger partial charge is 0.110 e. The SMILES string of the molecule is CCCc1nc2ccccc2n1C(C)CNC. The third-order valence-corrected chi connectivity index (χ3v) is 3.08. The van der Waals surface area contributed by atoms with E-state index in [9.17, 15) is 0 Å². The van der Waals surface area contributed by atoms with E-state index in [1.807, 2.05) is 7.05 Å². The van der Waals surface area contributed by atoms with Crippen LogP contribution in [-0.2, 0) is 6.42 Å². The first-order valence-electron chi connectivity index (χ1n) is 6.38. The Morgan fingerprint density at radius 2 is 2.12 bits per heavy atom. The van der Waals surface area contributed by atoms with Crippen LogP contribution in [0, 0.1) is 0 Å². The second kappa shape index (κ2) is 5.32. The van der Waals surface area contributed by atoms with E-state index in [1.165, 1.54) is 11.3 Å². The number of nitrogens with zero attached hydrogens (tertiary/aromatic N) is 2. The monoisotopic (exact) mass is 231 g/mol. The molecule has 0 aliphatic carbocycles. The van der Waals surface area contributed by atoms with Gasteiger partial charge in [0.15, 0.2) is 0 Å². The van der Waals surface area contributed by atoms with Crippen LogP contribution in [-0.4, -0.2) is 23.1 Å². The van der Waals surface area contributed by atoms with Gasteiger partial charge in [0.25, 0.3) is 0 Å². The summed E-state index contributed by atoms with van der Waals surface area (Å²) in [4.78, 5) is 4.74. The van der Waals surface area contributed by atoms with Crippen molar-refractivity contribution in [1.29, 1.82) is 0 Å². The molecule has 1 aromatic carbocycles. The van der Waals surface area contributed by atoms with Crippen LogP contribution in [0.25, 0.3) is 11.0 Å². The van der Waals surface area contributed by atoms with E-state index < -0.39 is 0 Å². The Bertz CT molecular complexity index is 487. The van der Waals surface area contributed by atoms with Crippen molar-refractivity contribution in [2.45, 2.75) is 32.7 Å². The molecule has 3 heteroatoms. The van der Waals surface area contributed by atoms with E-state index in [1.54, 1.807) is 0 Å². The Morgan fingerprint density at radius 1 is 1.35 bits per heavy atom. The number of aryl methyl sites for hydroxylation is 1. The molecule has 1 unspecified atom stereocenters. The van der Waals surface area contributed by atoms with Crippen LogP contribution in [0.2, 0.25) is 0 Å². The van der Waals surface area contributed by atoms with E-state index in [4.69, 9.17) is 4.98 Å². The fraction of sp³-hybridized carbons (Fsp3) is 0.500. The number of hydrogen-bond donors (Lipinski definition) is 1. The molecule has 1 atom stereocenters. The van der Waals surface area contributed by atoms with Gasteiger partial charge in [0.1, 0.15) is 5.82 Å². The number of likely N-dealkylation sites (N-methyl/N-ethyl adjacent to an activating group) is 1. The van der Waals surface area contributed by atoms with Gasteiger partial charge in [-0.15, -0.1) is 0 Å². The molecule has 0 saturated carbocycles. The van der Waals surface area contributed by atoms with Gasteiger partial charge in [0.2, 0.25) is 0 Å². The molecule has 0 bridgehead atoms. The molecule has 17 heavy (non-hydrogen) atoms. The molecule has 1 aromatic heterocycles. The first kappa shape index (κ1) is 12.1. The largest absolute Gasteiger partial charge is 0.324 e. The van der Waals surface area contributed by atoms with Gasteiger partial charge >= 0.3 is 0 Å². The van der Waals surface area contributed by atoms with E-state index in [0.29, 0.717) is 6.04 Å². The molecule has 2 rings (SSSR count). The summed E-state index contributed by atoms with van der Waals surface area (Å²) in [6, 6.07) is 8.83. The first-order valence-corrected chi connectivity index (χ1v) is 6.38. The van der Waals surface area contributed by atoms with Crippen LogP contribution >= 0.6 is 0 Å². The standard InChI is InChI=1S/C14H21N3/c1-4-7-14-16-12-8-5-6-9-13(12)17(14)11(2)10-15-3/h5-6,8-9,11,15H,4,7,10H2,1-3H3. The van der Waals surface area contributed by atoms with Crippen LogP contribution in [0.4, 0.5) is 0 Å². The van der Waals surface area contributed by atoms with Crippen molar-refractivity contribution < 1.29 is 0 Å². The lowest BCUT2D eigenvalue weighted by atomic mass is 10.2. The number of aromatic nitrogens is 2. The van der Waals surface area contributed by atoms with Crippen molar-refractivity contribution in [2.75, 3.05) is 13.6 Å².